The Morgan fingerprint density at radius 1 is 0.750 bits per heavy atom. The standard InChI is InChI=1S/Cl5P.ClH.H3N/c1-6(2,3,4)5;;/h;1H;1H3. The fourth-order valence-electron chi connectivity index (χ4n) is 0. The van der Waals surface area contributed by atoms with Crippen molar-refractivity contribution in [1.29, 1.82) is 0 Å². The molecule has 0 saturated carbocycles. The Labute approximate surface area is 77.8 Å². The Balaban J connectivity index is -0.000000125. The minimum atomic E-state index is -3.69. The molecule has 0 rings (SSSR count). The SMILES string of the molecule is Cl.ClP(Cl)(Cl)(Cl)Cl.N. The van der Waals surface area contributed by atoms with Crippen LogP contribution in [0.3, 0.4) is 0 Å². The summed E-state index contributed by atoms with van der Waals surface area (Å²) in [6.45, 7) is 0. The molecule has 8 heteroatoms. The molecule has 56 valence electrons. The van der Waals surface area contributed by atoms with Gasteiger partial charge in [0.15, 0.2) is 0 Å². The van der Waals surface area contributed by atoms with Gasteiger partial charge in [-0.15, -0.1) is 12.4 Å². The molecule has 0 heterocycles. The second-order valence-corrected chi connectivity index (χ2v) is 17.2. The molecule has 1 nitrogen and oxygen atoms in total. The van der Waals surface area contributed by atoms with Crippen LogP contribution >= 0.6 is 72.0 Å². The summed E-state index contributed by atoms with van der Waals surface area (Å²) >= 11 is 24.9. The van der Waals surface area contributed by atoms with E-state index in [0.29, 0.717) is 0 Å². The third kappa shape index (κ3) is 91.1. The van der Waals surface area contributed by atoms with E-state index >= 15 is 0 Å². The number of halogens is 6. The molecule has 0 aromatic heterocycles. The van der Waals surface area contributed by atoms with E-state index in [9.17, 15) is 0 Å². The van der Waals surface area contributed by atoms with Crippen LogP contribution in [0.15, 0.2) is 0 Å². The minimum absolute atomic E-state index is 0. The molecule has 0 aromatic carbocycles. The van der Waals surface area contributed by atoms with Crippen LogP contribution in [0.5, 0.6) is 0 Å². The zero-order valence-electron chi connectivity index (χ0n) is 3.45. The molecule has 0 saturated heterocycles. The van der Waals surface area contributed by atoms with Crippen LogP contribution in [0.4, 0.5) is 0 Å². The molecule has 0 aliphatic rings. The molecule has 8 heavy (non-hydrogen) atoms. The van der Waals surface area contributed by atoms with Gasteiger partial charge in [-0.2, -0.15) is 0 Å². The first-order chi connectivity index (χ1) is 2.24. The summed E-state index contributed by atoms with van der Waals surface area (Å²) in [4.78, 5) is 0. The first kappa shape index (κ1) is 16.6. The van der Waals surface area contributed by atoms with E-state index in [0.717, 1.165) is 0 Å². The fraction of sp³-hybridized carbons (Fsp3) is 0. The molecular formula is H4Cl6NP. The van der Waals surface area contributed by atoms with Gasteiger partial charge in [-0.05, 0) is 0 Å². The predicted octanol–water partition coefficient (Wildman–Crippen LogP) is 4.89. The van der Waals surface area contributed by atoms with Crippen molar-refractivity contribution in [2.45, 2.75) is 0 Å². The number of hydrogen-bond acceptors (Lipinski definition) is 1. The monoisotopic (exact) mass is 259 g/mol. The summed E-state index contributed by atoms with van der Waals surface area (Å²) in [5.74, 6) is 0. The van der Waals surface area contributed by atoms with Crippen molar-refractivity contribution in [1.82, 2.24) is 6.15 Å². The Hall–Kier alpha value is 2.13. The van der Waals surface area contributed by atoms with Crippen LogP contribution < -0.4 is 6.15 Å². The van der Waals surface area contributed by atoms with Crippen LogP contribution in [0, 0.1) is 0 Å². The molecule has 0 amide bonds. The maximum absolute atomic E-state index is 4.98. The molecule has 0 fully saturated rings. The van der Waals surface area contributed by atoms with E-state index in [1.54, 1.807) is 0 Å². The van der Waals surface area contributed by atoms with Gasteiger partial charge in [-0.1, -0.05) is 0 Å². The maximum atomic E-state index is 4.98. The molecule has 0 aromatic rings. The molecule has 3 N–H and O–H groups in total. The number of hydrogen-bond donors (Lipinski definition) is 1. The second-order valence-electron chi connectivity index (χ2n) is 0.639. The largest absolute Gasteiger partial charge is 0.344 e. The Bertz CT molecular complexity index is 41.7. The summed E-state index contributed by atoms with van der Waals surface area (Å²) in [7, 11) is 0. The molecular weight excluding hydrogens is 258 g/mol. The van der Waals surface area contributed by atoms with Gasteiger partial charge in [0, 0.05) is 0 Å². The number of rotatable bonds is 0. The van der Waals surface area contributed by atoms with Gasteiger partial charge in [0.05, 0.1) is 0 Å². The Kier molecular flexibility index (Phi) is 8.52. The van der Waals surface area contributed by atoms with Gasteiger partial charge in [0.2, 0.25) is 0 Å². The average Bonchev–Trinajstić information content (AvgIpc) is 0.650. The van der Waals surface area contributed by atoms with Crippen molar-refractivity contribution < 1.29 is 0 Å². The zero-order chi connectivity index (χ0) is 5.45. The summed E-state index contributed by atoms with van der Waals surface area (Å²) in [6.07, 6.45) is 0. The van der Waals surface area contributed by atoms with Crippen molar-refractivity contribution in [2.75, 3.05) is 0 Å². The third-order valence-electron chi connectivity index (χ3n) is 0. The quantitative estimate of drug-likeness (QED) is 0.619. The van der Waals surface area contributed by atoms with E-state index in [1.807, 2.05) is 0 Å². The summed E-state index contributed by atoms with van der Waals surface area (Å²) in [5, 5.41) is 0. The first-order valence-electron chi connectivity index (χ1n) is 0.845. The third-order valence-corrected chi connectivity index (χ3v) is 0. The normalized spacial score (nSPS) is 14.4. The summed E-state index contributed by atoms with van der Waals surface area (Å²) < 4.78 is -3.69. The van der Waals surface area contributed by atoms with Gasteiger partial charge < -0.3 is 6.15 Å². The topological polar surface area (TPSA) is 35.0 Å². The predicted molar refractivity (Wildman–Crippen MR) is 48.5 cm³/mol. The summed E-state index contributed by atoms with van der Waals surface area (Å²) in [6, 6.07) is 0. The molecule has 0 aliphatic carbocycles. The van der Waals surface area contributed by atoms with Crippen molar-refractivity contribution in [3.8, 4) is 0 Å². The van der Waals surface area contributed by atoms with E-state index in [-0.39, 0.29) is 18.6 Å². The van der Waals surface area contributed by atoms with Crippen LogP contribution in [0.2, 0.25) is 0 Å². The second kappa shape index (κ2) is 4.10. The fourth-order valence-corrected chi connectivity index (χ4v) is 0. The maximum Gasteiger partial charge on any atom is -0.344 e. The minimum Gasteiger partial charge on any atom is -0.344 e. The first-order valence-corrected chi connectivity index (χ1v) is 7.61. The van der Waals surface area contributed by atoms with E-state index in [4.69, 9.17) is 56.2 Å². The van der Waals surface area contributed by atoms with Crippen molar-refractivity contribution >= 4 is 72.0 Å². The molecule has 0 atom stereocenters. The van der Waals surface area contributed by atoms with Gasteiger partial charge in [-0.3, -0.25) is 0 Å². The van der Waals surface area contributed by atoms with Crippen LogP contribution in [-0.4, -0.2) is 0 Å². The molecule has 0 aliphatic heterocycles. The smallest absolute Gasteiger partial charge is 0.344 e. The van der Waals surface area contributed by atoms with Crippen molar-refractivity contribution in [3.63, 3.8) is 0 Å². The average molecular weight is 262 g/mol. The Morgan fingerprint density at radius 3 is 0.750 bits per heavy atom. The van der Waals surface area contributed by atoms with E-state index < -0.39 is 3.37 Å². The van der Waals surface area contributed by atoms with Crippen molar-refractivity contribution in [2.24, 2.45) is 0 Å². The molecule has 0 spiro atoms. The van der Waals surface area contributed by atoms with Crippen molar-refractivity contribution in [3.05, 3.63) is 0 Å². The molecule has 0 radical (unpaired) electrons. The molecule has 0 unspecified atom stereocenters. The molecule has 0 bridgehead atoms. The Morgan fingerprint density at radius 2 is 0.750 bits per heavy atom. The summed E-state index contributed by atoms with van der Waals surface area (Å²) in [5.41, 5.74) is 0. The van der Waals surface area contributed by atoms with Crippen LogP contribution in [0.1, 0.15) is 0 Å². The van der Waals surface area contributed by atoms with E-state index in [1.165, 1.54) is 0 Å². The van der Waals surface area contributed by atoms with Gasteiger partial charge in [0.25, 0.3) is 0 Å². The van der Waals surface area contributed by atoms with Gasteiger partial charge >= 0.3 is 59.6 Å². The van der Waals surface area contributed by atoms with Crippen LogP contribution in [0.25, 0.3) is 0 Å². The zero-order valence-corrected chi connectivity index (χ0v) is 8.94. The van der Waals surface area contributed by atoms with Gasteiger partial charge in [-0.25, -0.2) is 0 Å². The van der Waals surface area contributed by atoms with E-state index in [2.05, 4.69) is 0 Å². The van der Waals surface area contributed by atoms with Gasteiger partial charge in [0.1, 0.15) is 0 Å². The van der Waals surface area contributed by atoms with Crippen LogP contribution in [-0.2, 0) is 0 Å².